The summed E-state index contributed by atoms with van der Waals surface area (Å²) in [4.78, 5) is 5.04. The summed E-state index contributed by atoms with van der Waals surface area (Å²) in [5.74, 6) is 0. The van der Waals surface area contributed by atoms with Crippen LogP contribution in [0.15, 0.2) is 0 Å². The molecule has 0 aliphatic rings. The Hall–Kier alpha value is 0.400. The van der Waals surface area contributed by atoms with Crippen LogP contribution in [0.2, 0.25) is 0 Å². The lowest BCUT2D eigenvalue weighted by atomic mass is 10.3. The highest BCUT2D eigenvalue weighted by molar-refractivity contribution is 9.09. The first-order valence-electron chi connectivity index (χ1n) is 6.29. The van der Waals surface area contributed by atoms with Gasteiger partial charge in [-0.05, 0) is 52.1 Å². The zero-order valence-electron chi connectivity index (χ0n) is 10.6. The molecule has 0 fully saturated rings. The van der Waals surface area contributed by atoms with Crippen LogP contribution in [0.1, 0.15) is 33.6 Å². The van der Waals surface area contributed by atoms with Crippen LogP contribution < -0.4 is 0 Å². The summed E-state index contributed by atoms with van der Waals surface area (Å²) in [5.41, 5.74) is 0. The molecule has 0 saturated heterocycles. The minimum Gasteiger partial charge on any atom is -0.304 e. The Balaban J connectivity index is 3.52. The van der Waals surface area contributed by atoms with Crippen molar-refractivity contribution in [3.8, 4) is 0 Å². The molecule has 0 spiro atoms. The summed E-state index contributed by atoms with van der Waals surface area (Å²) >= 11 is 3.49. The molecule has 0 heterocycles. The Labute approximate surface area is 104 Å². The summed E-state index contributed by atoms with van der Waals surface area (Å²) in [6.45, 7) is 14.0. The standard InChI is InChI=1S/C12H27BrN2/c1-4-14(5-2)11-8-12-15(6-3)10-7-9-13/h4-12H2,1-3H3. The Morgan fingerprint density at radius 3 is 1.67 bits per heavy atom. The first-order chi connectivity index (χ1) is 7.28. The van der Waals surface area contributed by atoms with E-state index in [-0.39, 0.29) is 0 Å². The minimum absolute atomic E-state index is 1.12. The van der Waals surface area contributed by atoms with Gasteiger partial charge in [0.1, 0.15) is 0 Å². The number of rotatable bonds is 10. The molecule has 2 nitrogen and oxygen atoms in total. The molecule has 15 heavy (non-hydrogen) atoms. The molecule has 0 saturated carbocycles. The molecule has 3 heteroatoms. The summed E-state index contributed by atoms with van der Waals surface area (Å²) in [5, 5.41) is 1.12. The van der Waals surface area contributed by atoms with E-state index in [4.69, 9.17) is 0 Å². The van der Waals surface area contributed by atoms with Gasteiger partial charge in [0, 0.05) is 5.33 Å². The van der Waals surface area contributed by atoms with Gasteiger partial charge >= 0.3 is 0 Å². The van der Waals surface area contributed by atoms with E-state index in [0.29, 0.717) is 0 Å². The van der Waals surface area contributed by atoms with E-state index in [2.05, 4.69) is 46.5 Å². The lowest BCUT2D eigenvalue weighted by Crippen LogP contribution is -2.30. The van der Waals surface area contributed by atoms with Gasteiger partial charge < -0.3 is 9.80 Å². The average molecular weight is 279 g/mol. The molecule has 0 rings (SSSR count). The van der Waals surface area contributed by atoms with Crippen LogP contribution in [-0.4, -0.2) is 54.4 Å². The Morgan fingerprint density at radius 1 is 0.733 bits per heavy atom. The quantitative estimate of drug-likeness (QED) is 0.567. The van der Waals surface area contributed by atoms with Gasteiger partial charge in [-0.1, -0.05) is 36.7 Å². The number of alkyl halides is 1. The number of hydrogen-bond donors (Lipinski definition) is 0. The van der Waals surface area contributed by atoms with E-state index in [9.17, 15) is 0 Å². The van der Waals surface area contributed by atoms with Crippen LogP contribution >= 0.6 is 15.9 Å². The maximum Gasteiger partial charge on any atom is 0.00434 e. The fourth-order valence-electron chi connectivity index (χ4n) is 1.77. The molecule has 0 unspecified atom stereocenters. The molecular weight excluding hydrogens is 252 g/mol. The smallest absolute Gasteiger partial charge is 0.00434 e. The van der Waals surface area contributed by atoms with Gasteiger partial charge in [0.2, 0.25) is 0 Å². The van der Waals surface area contributed by atoms with Crippen LogP contribution in [0.4, 0.5) is 0 Å². The molecule has 0 amide bonds. The van der Waals surface area contributed by atoms with Crippen molar-refractivity contribution in [3.05, 3.63) is 0 Å². The molecule has 0 radical (unpaired) electrons. The minimum atomic E-state index is 1.12. The number of nitrogens with zero attached hydrogens (tertiary/aromatic N) is 2. The zero-order chi connectivity index (χ0) is 11.5. The maximum atomic E-state index is 3.49. The van der Waals surface area contributed by atoms with Gasteiger partial charge in [-0.25, -0.2) is 0 Å². The molecule has 0 bridgehead atoms. The first kappa shape index (κ1) is 15.4. The second kappa shape index (κ2) is 10.9. The van der Waals surface area contributed by atoms with Crippen molar-refractivity contribution in [1.82, 2.24) is 9.80 Å². The van der Waals surface area contributed by atoms with E-state index in [1.165, 1.54) is 52.1 Å². The third-order valence-corrected chi connectivity index (χ3v) is 3.46. The van der Waals surface area contributed by atoms with Crippen molar-refractivity contribution in [1.29, 1.82) is 0 Å². The largest absolute Gasteiger partial charge is 0.304 e. The molecule has 0 aliphatic carbocycles. The van der Waals surface area contributed by atoms with Crippen molar-refractivity contribution in [3.63, 3.8) is 0 Å². The Bertz CT molecular complexity index is 127. The fourth-order valence-corrected chi connectivity index (χ4v) is 2.02. The third kappa shape index (κ3) is 8.23. The summed E-state index contributed by atoms with van der Waals surface area (Å²) < 4.78 is 0. The van der Waals surface area contributed by atoms with Crippen LogP contribution in [0.5, 0.6) is 0 Å². The molecule has 92 valence electrons. The topological polar surface area (TPSA) is 6.48 Å². The van der Waals surface area contributed by atoms with Gasteiger partial charge in [0.15, 0.2) is 0 Å². The lowest BCUT2D eigenvalue weighted by Gasteiger charge is -2.23. The van der Waals surface area contributed by atoms with Crippen molar-refractivity contribution < 1.29 is 0 Å². The second-order valence-corrected chi connectivity index (χ2v) is 4.65. The normalized spacial score (nSPS) is 11.6. The molecular formula is C12H27BrN2. The predicted octanol–water partition coefficient (Wildman–Crippen LogP) is 2.83. The highest BCUT2D eigenvalue weighted by atomic mass is 79.9. The Morgan fingerprint density at radius 2 is 1.20 bits per heavy atom. The third-order valence-electron chi connectivity index (χ3n) is 2.90. The van der Waals surface area contributed by atoms with Crippen LogP contribution in [0.3, 0.4) is 0 Å². The summed E-state index contributed by atoms with van der Waals surface area (Å²) in [6.07, 6.45) is 2.57. The Kier molecular flexibility index (Phi) is 11.2. The lowest BCUT2D eigenvalue weighted by molar-refractivity contribution is 0.244. The van der Waals surface area contributed by atoms with Gasteiger partial charge in [0.25, 0.3) is 0 Å². The number of halogens is 1. The van der Waals surface area contributed by atoms with Crippen molar-refractivity contribution in [2.24, 2.45) is 0 Å². The van der Waals surface area contributed by atoms with Crippen molar-refractivity contribution >= 4 is 15.9 Å². The maximum absolute atomic E-state index is 3.49. The molecule has 0 aromatic rings. The van der Waals surface area contributed by atoms with Crippen molar-refractivity contribution in [2.75, 3.05) is 44.6 Å². The van der Waals surface area contributed by atoms with Crippen molar-refractivity contribution in [2.45, 2.75) is 33.6 Å². The second-order valence-electron chi connectivity index (χ2n) is 3.86. The highest BCUT2D eigenvalue weighted by Gasteiger charge is 2.03. The fraction of sp³-hybridized carbons (Fsp3) is 1.00. The molecule has 0 atom stereocenters. The van der Waals surface area contributed by atoms with E-state index < -0.39 is 0 Å². The number of hydrogen-bond acceptors (Lipinski definition) is 2. The zero-order valence-corrected chi connectivity index (χ0v) is 12.2. The molecule has 0 aromatic heterocycles. The van der Waals surface area contributed by atoms with Crippen LogP contribution in [0.25, 0.3) is 0 Å². The molecule has 0 aromatic carbocycles. The van der Waals surface area contributed by atoms with Crippen LogP contribution in [-0.2, 0) is 0 Å². The first-order valence-corrected chi connectivity index (χ1v) is 7.41. The van der Waals surface area contributed by atoms with E-state index in [0.717, 1.165) is 5.33 Å². The predicted molar refractivity (Wildman–Crippen MR) is 72.9 cm³/mol. The average Bonchev–Trinajstić information content (AvgIpc) is 2.28. The molecule has 0 aliphatic heterocycles. The van der Waals surface area contributed by atoms with Gasteiger partial charge in [-0.2, -0.15) is 0 Å². The van der Waals surface area contributed by atoms with E-state index in [1.54, 1.807) is 0 Å². The monoisotopic (exact) mass is 278 g/mol. The van der Waals surface area contributed by atoms with Gasteiger partial charge in [-0.15, -0.1) is 0 Å². The molecule has 0 N–H and O–H groups in total. The van der Waals surface area contributed by atoms with Gasteiger partial charge in [0.05, 0.1) is 0 Å². The summed E-state index contributed by atoms with van der Waals surface area (Å²) in [7, 11) is 0. The van der Waals surface area contributed by atoms with Gasteiger partial charge in [-0.3, -0.25) is 0 Å². The van der Waals surface area contributed by atoms with E-state index in [1.807, 2.05) is 0 Å². The SMILES string of the molecule is CCN(CC)CCCN(CC)CCCBr. The van der Waals surface area contributed by atoms with Crippen LogP contribution in [0, 0.1) is 0 Å². The summed E-state index contributed by atoms with van der Waals surface area (Å²) in [6, 6.07) is 0. The highest BCUT2D eigenvalue weighted by Crippen LogP contribution is 1.98. The van der Waals surface area contributed by atoms with E-state index >= 15 is 0 Å².